The largest absolute Gasteiger partial charge is 0.456 e. The third-order valence-electron chi connectivity index (χ3n) is 4.62. The summed E-state index contributed by atoms with van der Waals surface area (Å²) in [6, 6.07) is 18.2. The summed E-state index contributed by atoms with van der Waals surface area (Å²) in [5, 5.41) is 17.8. The molecule has 1 amide bonds. The summed E-state index contributed by atoms with van der Waals surface area (Å²) < 4.78 is 6.86. The van der Waals surface area contributed by atoms with Crippen LogP contribution in [0, 0.1) is 10.1 Å². The summed E-state index contributed by atoms with van der Waals surface area (Å²) in [7, 11) is 0. The summed E-state index contributed by atoms with van der Waals surface area (Å²) >= 11 is 1.48. The van der Waals surface area contributed by atoms with Gasteiger partial charge in [-0.25, -0.2) is 9.48 Å². The van der Waals surface area contributed by atoms with E-state index in [4.69, 9.17) is 10.5 Å². The Morgan fingerprint density at radius 3 is 2.53 bits per heavy atom. The summed E-state index contributed by atoms with van der Waals surface area (Å²) in [5.41, 5.74) is 6.41. The van der Waals surface area contributed by atoms with Crippen molar-refractivity contribution in [3.63, 3.8) is 0 Å². The second-order valence-electron chi connectivity index (χ2n) is 6.68. The SMILES string of the molecule is NC(=O)c1ccc(COC(=O)c2cc(-c3cccs3)nn2-c2ccccc2)c([N+](=O)[O-])c1. The van der Waals surface area contributed by atoms with Crippen molar-refractivity contribution in [2.24, 2.45) is 5.73 Å². The zero-order valence-corrected chi connectivity index (χ0v) is 17.3. The monoisotopic (exact) mass is 448 g/mol. The Kier molecular flexibility index (Phi) is 5.77. The predicted octanol–water partition coefficient (Wildman–Crippen LogP) is 3.96. The fourth-order valence-corrected chi connectivity index (χ4v) is 3.74. The smallest absolute Gasteiger partial charge is 0.357 e. The molecule has 0 saturated heterocycles. The fraction of sp³-hybridized carbons (Fsp3) is 0.0455. The minimum Gasteiger partial charge on any atom is -0.456 e. The zero-order valence-electron chi connectivity index (χ0n) is 16.5. The maximum absolute atomic E-state index is 12.9. The van der Waals surface area contributed by atoms with Crippen LogP contribution in [0.2, 0.25) is 0 Å². The summed E-state index contributed by atoms with van der Waals surface area (Å²) in [4.78, 5) is 35.9. The Balaban J connectivity index is 1.64. The number of nitro groups is 1. The quantitative estimate of drug-likeness (QED) is 0.259. The number of hydrogen-bond donors (Lipinski definition) is 1. The first-order valence-electron chi connectivity index (χ1n) is 9.37. The van der Waals surface area contributed by atoms with E-state index in [9.17, 15) is 19.7 Å². The van der Waals surface area contributed by atoms with Gasteiger partial charge in [0, 0.05) is 17.7 Å². The number of esters is 1. The number of ether oxygens (including phenoxy) is 1. The van der Waals surface area contributed by atoms with Gasteiger partial charge in [0.15, 0.2) is 5.69 Å². The highest BCUT2D eigenvalue weighted by molar-refractivity contribution is 7.13. The lowest BCUT2D eigenvalue weighted by molar-refractivity contribution is -0.385. The van der Waals surface area contributed by atoms with E-state index in [2.05, 4.69) is 5.10 Å². The van der Waals surface area contributed by atoms with Gasteiger partial charge in [0.1, 0.15) is 12.3 Å². The molecule has 10 heteroatoms. The average molecular weight is 448 g/mol. The van der Waals surface area contributed by atoms with Crippen molar-refractivity contribution in [2.45, 2.75) is 6.61 Å². The summed E-state index contributed by atoms with van der Waals surface area (Å²) in [6.45, 7) is -0.359. The normalized spacial score (nSPS) is 10.6. The minimum atomic E-state index is -0.787. The Morgan fingerprint density at radius 1 is 1.09 bits per heavy atom. The molecule has 0 unspecified atom stereocenters. The Morgan fingerprint density at radius 2 is 1.88 bits per heavy atom. The maximum Gasteiger partial charge on any atom is 0.357 e. The average Bonchev–Trinajstić information content (AvgIpc) is 3.48. The number of aromatic nitrogens is 2. The van der Waals surface area contributed by atoms with E-state index in [0.29, 0.717) is 11.4 Å². The van der Waals surface area contributed by atoms with Crippen LogP contribution in [0.15, 0.2) is 72.1 Å². The molecular weight excluding hydrogens is 432 g/mol. The highest BCUT2D eigenvalue weighted by Crippen LogP contribution is 2.27. The number of para-hydroxylation sites is 1. The van der Waals surface area contributed by atoms with Gasteiger partial charge in [-0.3, -0.25) is 14.9 Å². The van der Waals surface area contributed by atoms with Crippen molar-refractivity contribution in [1.29, 1.82) is 0 Å². The van der Waals surface area contributed by atoms with Crippen LogP contribution in [0.4, 0.5) is 5.69 Å². The number of primary amides is 1. The Hall–Kier alpha value is -4.31. The van der Waals surface area contributed by atoms with Crippen molar-refractivity contribution in [3.8, 4) is 16.3 Å². The van der Waals surface area contributed by atoms with Crippen LogP contribution in [0.25, 0.3) is 16.3 Å². The van der Waals surface area contributed by atoms with Gasteiger partial charge in [-0.1, -0.05) is 24.3 Å². The van der Waals surface area contributed by atoms with Crippen LogP contribution < -0.4 is 5.73 Å². The van der Waals surface area contributed by atoms with Crippen LogP contribution in [0.5, 0.6) is 0 Å². The van der Waals surface area contributed by atoms with Gasteiger partial charge in [0.25, 0.3) is 5.69 Å². The van der Waals surface area contributed by atoms with Crippen LogP contribution in [0.3, 0.4) is 0 Å². The van der Waals surface area contributed by atoms with Gasteiger partial charge in [-0.05, 0) is 35.7 Å². The first-order valence-corrected chi connectivity index (χ1v) is 10.3. The molecule has 2 N–H and O–H groups in total. The number of rotatable bonds is 7. The van der Waals surface area contributed by atoms with E-state index in [1.807, 2.05) is 35.7 Å². The van der Waals surface area contributed by atoms with Crippen LogP contribution >= 0.6 is 11.3 Å². The molecule has 4 aromatic rings. The number of thiophene rings is 1. The molecule has 160 valence electrons. The number of benzene rings is 2. The van der Waals surface area contributed by atoms with Crippen molar-refractivity contribution >= 4 is 28.9 Å². The van der Waals surface area contributed by atoms with Crippen molar-refractivity contribution in [3.05, 3.63) is 99.0 Å². The molecule has 0 atom stereocenters. The molecule has 0 aliphatic carbocycles. The lowest BCUT2D eigenvalue weighted by Gasteiger charge is -2.08. The Bertz CT molecular complexity index is 1300. The topological polar surface area (TPSA) is 130 Å². The molecule has 0 bridgehead atoms. The van der Waals surface area contributed by atoms with E-state index < -0.39 is 16.8 Å². The standard InChI is InChI=1S/C22H16N4O5S/c23-21(27)14-8-9-15(18(11-14)26(29)30)13-31-22(28)19-12-17(20-7-4-10-32-20)24-25(19)16-5-2-1-3-6-16/h1-12H,13H2,(H2,23,27). The lowest BCUT2D eigenvalue weighted by atomic mass is 10.1. The van der Waals surface area contributed by atoms with Gasteiger partial charge in [-0.15, -0.1) is 11.3 Å². The first kappa shape index (κ1) is 20.9. The second kappa shape index (κ2) is 8.82. The van der Waals surface area contributed by atoms with Crippen LogP contribution in [0.1, 0.15) is 26.4 Å². The van der Waals surface area contributed by atoms with Gasteiger partial charge in [-0.2, -0.15) is 5.10 Å². The third kappa shape index (κ3) is 4.25. The van der Waals surface area contributed by atoms with Gasteiger partial charge < -0.3 is 10.5 Å². The summed E-state index contributed by atoms with van der Waals surface area (Å²) in [5.74, 6) is -1.48. The highest BCUT2D eigenvalue weighted by Gasteiger charge is 2.22. The predicted molar refractivity (Wildman–Crippen MR) is 118 cm³/mol. The molecule has 4 rings (SSSR count). The molecule has 0 aliphatic rings. The molecule has 0 saturated carbocycles. The lowest BCUT2D eigenvalue weighted by Crippen LogP contribution is -2.14. The number of nitrogens with two attached hydrogens (primary N) is 1. The molecule has 0 fully saturated rings. The fourth-order valence-electron chi connectivity index (χ4n) is 3.06. The maximum atomic E-state index is 12.9. The minimum absolute atomic E-state index is 0.00507. The number of amides is 1. The summed E-state index contributed by atoms with van der Waals surface area (Å²) in [6.07, 6.45) is 0. The van der Waals surface area contributed by atoms with Crippen molar-refractivity contribution < 1.29 is 19.2 Å². The van der Waals surface area contributed by atoms with Gasteiger partial charge in [0.2, 0.25) is 5.91 Å². The Labute approximate surface area is 185 Å². The zero-order chi connectivity index (χ0) is 22.7. The number of carbonyl (C=O) groups excluding carboxylic acids is 2. The molecular formula is C22H16N4O5S. The molecule has 9 nitrogen and oxygen atoms in total. The van der Waals surface area contributed by atoms with Gasteiger partial charge >= 0.3 is 5.97 Å². The highest BCUT2D eigenvalue weighted by atomic mass is 32.1. The number of nitro benzene ring substituents is 1. The van der Waals surface area contributed by atoms with E-state index in [1.54, 1.807) is 18.2 Å². The molecule has 2 heterocycles. The molecule has 0 spiro atoms. The number of nitrogens with zero attached hydrogens (tertiary/aromatic N) is 3. The molecule has 0 radical (unpaired) electrons. The van der Waals surface area contributed by atoms with E-state index >= 15 is 0 Å². The van der Waals surface area contributed by atoms with E-state index in [0.717, 1.165) is 10.9 Å². The second-order valence-corrected chi connectivity index (χ2v) is 7.63. The number of hydrogen-bond acceptors (Lipinski definition) is 7. The van der Waals surface area contributed by atoms with E-state index in [1.165, 1.54) is 28.2 Å². The van der Waals surface area contributed by atoms with Gasteiger partial charge in [0.05, 0.1) is 21.1 Å². The van der Waals surface area contributed by atoms with Crippen molar-refractivity contribution in [1.82, 2.24) is 9.78 Å². The first-order chi connectivity index (χ1) is 15.4. The molecule has 2 aromatic heterocycles. The van der Waals surface area contributed by atoms with Crippen LogP contribution in [-0.2, 0) is 11.3 Å². The van der Waals surface area contributed by atoms with Crippen molar-refractivity contribution in [2.75, 3.05) is 0 Å². The third-order valence-corrected chi connectivity index (χ3v) is 5.51. The van der Waals surface area contributed by atoms with Crippen LogP contribution in [-0.4, -0.2) is 26.6 Å². The molecule has 32 heavy (non-hydrogen) atoms. The molecule has 2 aromatic carbocycles. The number of carbonyl (C=O) groups is 2. The van der Waals surface area contributed by atoms with E-state index in [-0.39, 0.29) is 29.1 Å². The molecule has 0 aliphatic heterocycles.